The number of benzene rings is 3. The Balaban J connectivity index is 1.86. The number of methoxy groups -OCH3 is 2. The molecule has 0 N–H and O–H groups in total. The Morgan fingerprint density at radius 3 is 2.12 bits per heavy atom. The third kappa shape index (κ3) is 4.27. The van der Waals surface area contributed by atoms with Crippen molar-refractivity contribution in [2.45, 2.75) is 20.4 Å². The molecular formula is C28H28N2O4. The zero-order valence-electron chi connectivity index (χ0n) is 19.9. The number of aryl methyl sites for hydroxylation is 1. The number of ether oxygens (including phenoxy) is 2. The summed E-state index contributed by atoms with van der Waals surface area (Å²) >= 11 is 0. The van der Waals surface area contributed by atoms with Gasteiger partial charge in [0.05, 0.1) is 25.5 Å². The predicted octanol–water partition coefficient (Wildman–Crippen LogP) is 4.82. The van der Waals surface area contributed by atoms with E-state index < -0.39 is 0 Å². The second-order valence-electron chi connectivity index (χ2n) is 8.07. The van der Waals surface area contributed by atoms with Gasteiger partial charge in [0.25, 0.3) is 11.8 Å². The van der Waals surface area contributed by atoms with Crippen LogP contribution < -0.4 is 14.4 Å². The van der Waals surface area contributed by atoms with E-state index in [4.69, 9.17) is 9.47 Å². The molecule has 34 heavy (non-hydrogen) atoms. The number of amides is 2. The molecule has 3 aromatic rings. The molecular weight excluding hydrogens is 428 g/mol. The molecule has 1 heterocycles. The zero-order valence-corrected chi connectivity index (χ0v) is 19.9. The minimum atomic E-state index is -0.359. The van der Waals surface area contributed by atoms with Crippen LogP contribution in [0.4, 0.5) is 5.69 Å². The number of imide groups is 1. The first-order valence-corrected chi connectivity index (χ1v) is 11.2. The summed E-state index contributed by atoms with van der Waals surface area (Å²) < 4.78 is 10.8. The van der Waals surface area contributed by atoms with Crippen LogP contribution in [0.3, 0.4) is 0 Å². The molecule has 6 heteroatoms. The van der Waals surface area contributed by atoms with Gasteiger partial charge in [-0.3, -0.25) is 9.59 Å². The lowest BCUT2D eigenvalue weighted by Gasteiger charge is -2.25. The molecule has 0 saturated heterocycles. The van der Waals surface area contributed by atoms with Crippen LogP contribution in [0, 0.1) is 6.92 Å². The van der Waals surface area contributed by atoms with Crippen LogP contribution in [0.25, 0.3) is 5.57 Å². The van der Waals surface area contributed by atoms with Gasteiger partial charge in [0, 0.05) is 13.1 Å². The lowest BCUT2D eigenvalue weighted by molar-refractivity contribution is -0.120. The summed E-state index contributed by atoms with van der Waals surface area (Å²) in [7, 11) is 3.11. The summed E-state index contributed by atoms with van der Waals surface area (Å²) in [5.41, 5.74) is 3.98. The largest absolute Gasteiger partial charge is 0.493 e. The maximum Gasteiger partial charge on any atom is 0.282 e. The third-order valence-corrected chi connectivity index (χ3v) is 5.94. The van der Waals surface area contributed by atoms with Crippen molar-refractivity contribution in [1.29, 1.82) is 0 Å². The number of carbonyl (C=O) groups is 2. The second-order valence-corrected chi connectivity index (χ2v) is 8.07. The van der Waals surface area contributed by atoms with Crippen molar-refractivity contribution in [3.05, 3.63) is 95.2 Å². The summed E-state index contributed by atoms with van der Waals surface area (Å²) in [5.74, 6) is 0.350. The highest BCUT2D eigenvalue weighted by Crippen LogP contribution is 2.38. The van der Waals surface area contributed by atoms with Gasteiger partial charge in [0.15, 0.2) is 11.5 Å². The van der Waals surface area contributed by atoms with Gasteiger partial charge in [0.2, 0.25) is 0 Å². The molecule has 0 saturated carbocycles. The first kappa shape index (κ1) is 23.1. The smallest absolute Gasteiger partial charge is 0.282 e. The van der Waals surface area contributed by atoms with E-state index in [2.05, 4.69) is 0 Å². The maximum absolute atomic E-state index is 13.8. The lowest BCUT2D eigenvalue weighted by atomic mass is 10.0. The number of carbonyl (C=O) groups excluding carboxylic acids is 2. The Morgan fingerprint density at radius 1 is 0.824 bits per heavy atom. The van der Waals surface area contributed by atoms with Crippen LogP contribution in [0.15, 0.2) is 78.5 Å². The average Bonchev–Trinajstić information content (AvgIpc) is 3.13. The van der Waals surface area contributed by atoms with Gasteiger partial charge in [0.1, 0.15) is 5.70 Å². The Kier molecular flexibility index (Phi) is 6.68. The summed E-state index contributed by atoms with van der Waals surface area (Å²) in [6.07, 6.45) is 0. The molecule has 0 aromatic heterocycles. The van der Waals surface area contributed by atoms with Crippen LogP contribution in [-0.4, -0.2) is 37.5 Å². The second kappa shape index (κ2) is 9.83. The fourth-order valence-electron chi connectivity index (χ4n) is 4.14. The lowest BCUT2D eigenvalue weighted by Crippen LogP contribution is -2.35. The van der Waals surface area contributed by atoms with Crippen molar-refractivity contribution < 1.29 is 19.1 Å². The number of hydrogen-bond acceptors (Lipinski definition) is 5. The van der Waals surface area contributed by atoms with Crippen molar-refractivity contribution in [2.75, 3.05) is 25.7 Å². The van der Waals surface area contributed by atoms with Crippen LogP contribution in [0.2, 0.25) is 0 Å². The minimum absolute atomic E-state index is 0.337. The molecule has 0 bridgehead atoms. The zero-order chi connectivity index (χ0) is 24.2. The normalized spacial score (nSPS) is 13.5. The van der Waals surface area contributed by atoms with Gasteiger partial charge < -0.3 is 14.4 Å². The predicted molar refractivity (Wildman–Crippen MR) is 133 cm³/mol. The van der Waals surface area contributed by atoms with E-state index in [0.29, 0.717) is 47.1 Å². The van der Waals surface area contributed by atoms with Crippen molar-refractivity contribution in [3.8, 4) is 11.5 Å². The molecule has 6 nitrogen and oxygen atoms in total. The maximum atomic E-state index is 13.8. The van der Waals surface area contributed by atoms with E-state index in [0.717, 1.165) is 11.1 Å². The number of likely N-dealkylation sites (N-methyl/N-ethyl adjacent to an activating group) is 1. The van der Waals surface area contributed by atoms with E-state index >= 15 is 0 Å². The number of nitrogens with zero attached hydrogens (tertiary/aromatic N) is 2. The Bertz CT molecular complexity index is 1230. The van der Waals surface area contributed by atoms with Gasteiger partial charge in [-0.25, -0.2) is 4.90 Å². The molecule has 1 aliphatic heterocycles. The SMILES string of the molecule is CCN(Cc1ccccc1)C1=C(c2ccc(OC)c(OC)c2)C(=O)N(c2ccc(C)cc2)C1=O. The van der Waals surface area contributed by atoms with Crippen molar-refractivity contribution in [3.63, 3.8) is 0 Å². The summed E-state index contributed by atoms with van der Waals surface area (Å²) in [5, 5.41) is 0. The molecule has 4 rings (SSSR count). The standard InChI is InChI=1S/C28H28N2O4/c1-5-29(18-20-9-7-6-8-10-20)26-25(21-13-16-23(33-3)24(17-21)34-4)27(31)30(28(26)32)22-14-11-19(2)12-15-22/h6-17H,5,18H2,1-4H3. The first-order chi connectivity index (χ1) is 16.5. The Labute approximate surface area is 200 Å². The Hall–Kier alpha value is -4.06. The molecule has 3 aromatic carbocycles. The molecule has 0 fully saturated rings. The molecule has 0 spiro atoms. The summed E-state index contributed by atoms with van der Waals surface area (Å²) in [4.78, 5) is 30.8. The van der Waals surface area contributed by atoms with Crippen LogP contribution in [0.5, 0.6) is 11.5 Å². The molecule has 2 amide bonds. The third-order valence-electron chi connectivity index (χ3n) is 5.94. The van der Waals surface area contributed by atoms with Gasteiger partial charge in [-0.05, 0) is 49.2 Å². The van der Waals surface area contributed by atoms with E-state index in [1.165, 1.54) is 4.90 Å². The van der Waals surface area contributed by atoms with Gasteiger partial charge >= 0.3 is 0 Å². The fraction of sp³-hybridized carbons (Fsp3) is 0.214. The molecule has 0 aliphatic carbocycles. The number of anilines is 1. The molecule has 0 atom stereocenters. The Morgan fingerprint density at radius 2 is 1.50 bits per heavy atom. The molecule has 1 aliphatic rings. The van der Waals surface area contributed by atoms with E-state index in [1.54, 1.807) is 44.6 Å². The topological polar surface area (TPSA) is 59.1 Å². The average molecular weight is 457 g/mol. The molecule has 0 unspecified atom stereocenters. The van der Waals surface area contributed by atoms with Crippen molar-refractivity contribution >= 4 is 23.1 Å². The highest BCUT2D eigenvalue weighted by molar-refractivity contribution is 6.45. The summed E-state index contributed by atoms with van der Waals surface area (Å²) in [6.45, 7) is 5.01. The fourth-order valence-corrected chi connectivity index (χ4v) is 4.14. The van der Waals surface area contributed by atoms with E-state index in [-0.39, 0.29) is 11.8 Å². The van der Waals surface area contributed by atoms with Crippen LogP contribution in [-0.2, 0) is 16.1 Å². The highest BCUT2D eigenvalue weighted by atomic mass is 16.5. The first-order valence-electron chi connectivity index (χ1n) is 11.2. The quantitative estimate of drug-likeness (QED) is 0.455. The monoisotopic (exact) mass is 456 g/mol. The van der Waals surface area contributed by atoms with Crippen molar-refractivity contribution in [2.24, 2.45) is 0 Å². The highest BCUT2D eigenvalue weighted by Gasteiger charge is 2.42. The van der Waals surface area contributed by atoms with Gasteiger partial charge in [-0.15, -0.1) is 0 Å². The minimum Gasteiger partial charge on any atom is -0.493 e. The van der Waals surface area contributed by atoms with Crippen molar-refractivity contribution in [1.82, 2.24) is 4.90 Å². The molecule has 174 valence electrons. The van der Waals surface area contributed by atoms with Crippen LogP contribution >= 0.6 is 0 Å². The van der Waals surface area contributed by atoms with Gasteiger partial charge in [-0.1, -0.05) is 54.1 Å². The van der Waals surface area contributed by atoms with Crippen LogP contribution in [0.1, 0.15) is 23.6 Å². The van der Waals surface area contributed by atoms with Gasteiger partial charge in [-0.2, -0.15) is 0 Å². The molecule has 0 radical (unpaired) electrons. The van der Waals surface area contributed by atoms with E-state index in [1.807, 2.05) is 61.2 Å². The number of hydrogen-bond donors (Lipinski definition) is 0. The number of rotatable bonds is 8. The summed E-state index contributed by atoms with van der Waals surface area (Å²) in [6, 6.07) is 22.6. The van der Waals surface area contributed by atoms with E-state index in [9.17, 15) is 9.59 Å².